The van der Waals surface area contributed by atoms with Crippen molar-refractivity contribution in [3.8, 4) is 22.4 Å². The molecule has 0 atom stereocenters. The number of likely N-dealkylation sites (tertiary alicyclic amines) is 1. The molecule has 1 fully saturated rings. The minimum absolute atomic E-state index is 0.0795. The maximum Gasteiger partial charge on any atom is 0.410 e. The number of hydrogen-bond donors (Lipinski definition) is 0. The highest BCUT2D eigenvalue weighted by atomic mass is 28.3. The summed E-state index contributed by atoms with van der Waals surface area (Å²) in [6.45, 7) is 32.0. The number of benzene rings is 1. The summed E-state index contributed by atoms with van der Waals surface area (Å²) in [7, 11) is -2.65. The van der Waals surface area contributed by atoms with Gasteiger partial charge in [-0.25, -0.2) is 9.78 Å². The molecule has 1 aliphatic rings. The lowest BCUT2D eigenvalue weighted by Crippen LogP contribution is -2.48. The Kier molecular flexibility index (Phi) is 14.6. The monoisotopic (exact) mass is 811 g/mol. The van der Waals surface area contributed by atoms with Gasteiger partial charge in [-0.05, 0) is 51.8 Å². The van der Waals surface area contributed by atoms with E-state index in [1.807, 2.05) is 79.0 Å². The highest BCUT2D eigenvalue weighted by molar-refractivity contribution is 6.76. The van der Waals surface area contributed by atoms with E-state index in [1.54, 1.807) is 0 Å². The van der Waals surface area contributed by atoms with Crippen molar-refractivity contribution in [2.75, 3.05) is 56.1 Å². The number of amides is 1. The Morgan fingerprint density at radius 2 is 1.53 bits per heavy atom. The number of piperidine rings is 1. The topological polar surface area (TPSA) is 97.6 Å². The summed E-state index contributed by atoms with van der Waals surface area (Å²) in [4.78, 5) is 29.6. The van der Waals surface area contributed by atoms with Crippen LogP contribution in [0.25, 0.3) is 34.1 Å². The van der Waals surface area contributed by atoms with E-state index in [4.69, 9.17) is 29.3 Å². The Labute approximate surface area is 342 Å². The van der Waals surface area contributed by atoms with Crippen molar-refractivity contribution < 1.29 is 19.0 Å². The molecule has 4 aromatic rings. The lowest BCUT2D eigenvalue weighted by Gasteiger charge is -2.40. The summed E-state index contributed by atoms with van der Waals surface area (Å²) in [5.41, 5.74) is 4.68. The fourth-order valence-corrected chi connectivity index (χ4v) is 8.23. The molecule has 13 heteroatoms. The van der Waals surface area contributed by atoms with Crippen LogP contribution in [0.2, 0.25) is 51.4 Å². The van der Waals surface area contributed by atoms with Crippen LogP contribution in [-0.4, -0.2) is 105 Å². The summed E-state index contributed by atoms with van der Waals surface area (Å²) in [6.07, 6.45) is 8.76. The molecular formula is C44H65N7O4Si2. The number of pyridine rings is 1. The molecule has 0 saturated carbocycles. The van der Waals surface area contributed by atoms with Crippen LogP contribution in [-0.2, 0) is 14.2 Å². The summed E-state index contributed by atoms with van der Waals surface area (Å²) in [6, 6.07) is 16.5. The fraction of sp³-hybridized carbons (Fsp3) is 0.500. The molecule has 57 heavy (non-hydrogen) atoms. The zero-order valence-electron chi connectivity index (χ0n) is 35.9. The maximum absolute atomic E-state index is 13.0. The second kappa shape index (κ2) is 19.0. The Balaban J connectivity index is 1.61. The van der Waals surface area contributed by atoms with Crippen LogP contribution < -0.4 is 9.80 Å². The molecule has 1 aromatic carbocycles. The summed E-state index contributed by atoms with van der Waals surface area (Å²) >= 11 is 0. The highest BCUT2D eigenvalue weighted by Crippen LogP contribution is 2.37. The minimum atomic E-state index is -1.33. The van der Waals surface area contributed by atoms with Gasteiger partial charge < -0.3 is 28.9 Å². The molecule has 3 aromatic heterocycles. The fourth-order valence-electron chi connectivity index (χ4n) is 6.72. The third-order valence-electron chi connectivity index (χ3n) is 9.93. The van der Waals surface area contributed by atoms with E-state index in [1.165, 1.54) is 0 Å². The van der Waals surface area contributed by atoms with E-state index >= 15 is 0 Å². The van der Waals surface area contributed by atoms with Crippen molar-refractivity contribution >= 4 is 45.6 Å². The van der Waals surface area contributed by atoms with Crippen molar-refractivity contribution in [1.82, 2.24) is 24.5 Å². The SMILES string of the molecule is C=CCN(c1nc2c(-c3ccc(-c4ccccc4)nc3)cnn2c(N(COCC[Si](C)(C)C)COCC[Si](C)(C)C)c1C=C)C1CCN(C(=O)OC(C)(C)C)CC1. The number of carbonyl (C=O) groups is 1. The molecule has 0 N–H and O–H groups in total. The van der Waals surface area contributed by atoms with Crippen molar-refractivity contribution in [1.29, 1.82) is 0 Å². The minimum Gasteiger partial charge on any atom is -0.444 e. The molecule has 0 spiro atoms. The predicted molar refractivity (Wildman–Crippen MR) is 241 cm³/mol. The van der Waals surface area contributed by atoms with Crippen molar-refractivity contribution in [3.63, 3.8) is 0 Å². The van der Waals surface area contributed by atoms with Gasteiger partial charge in [-0.3, -0.25) is 4.98 Å². The van der Waals surface area contributed by atoms with Crippen LogP contribution in [0.4, 0.5) is 16.4 Å². The van der Waals surface area contributed by atoms with Crippen LogP contribution >= 0.6 is 0 Å². The molecule has 1 amide bonds. The average Bonchev–Trinajstić information content (AvgIpc) is 3.58. The average molecular weight is 812 g/mol. The molecule has 0 aliphatic carbocycles. The predicted octanol–water partition coefficient (Wildman–Crippen LogP) is 9.92. The summed E-state index contributed by atoms with van der Waals surface area (Å²) in [5, 5.41) is 5.00. The molecule has 5 rings (SSSR count). The van der Waals surface area contributed by atoms with Gasteiger partial charge in [0.05, 0.1) is 17.5 Å². The van der Waals surface area contributed by atoms with Gasteiger partial charge in [0.15, 0.2) is 5.65 Å². The van der Waals surface area contributed by atoms with E-state index in [-0.39, 0.29) is 12.1 Å². The lowest BCUT2D eigenvalue weighted by molar-refractivity contribution is 0.0205. The molecule has 0 unspecified atom stereocenters. The normalized spacial score (nSPS) is 14.2. The van der Waals surface area contributed by atoms with Gasteiger partial charge in [0, 0.05) is 77.9 Å². The molecule has 1 saturated heterocycles. The number of fused-ring (bicyclic) bond motifs is 1. The van der Waals surface area contributed by atoms with Gasteiger partial charge in [0.1, 0.15) is 30.7 Å². The van der Waals surface area contributed by atoms with E-state index in [0.717, 1.165) is 64.5 Å². The largest absolute Gasteiger partial charge is 0.444 e. The van der Waals surface area contributed by atoms with Crippen LogP contribution in [0.15, 0.2) is 74.1 Å². The Hall–Kier alpha value is -4.31. The van der Waals surface area contributed by atoms with Gasteiger partial charge >= 0.3 is 6.09 Å². The van der Waals surface area contributed by atoms with Crippen molar-refractivity contribution in [2.24, 2.45) is 0 Å². The van der Waals surface area contributed by atoms with E-state index in [2.05, 4.69) is 80.4 Å². The molecule has 0 radical (unpaired) electrons. The Morgan fingerprint density at radius 3 is 2.05 bits per heavy atom. The smallest absolute Gasteiger partial charge is 0.410 e. The van der Waals surface area contributed by atoms with Crippen LogP contribution in [0, 0.1) is 0 Å². The third kappa shape index (κ3) is 12.1. The van der Waals surface area contributed by atoms with Gasteiger partial charge in [0.2, 0.25) is 0 Å². The van der Waals surface area contributed by atoms with Gasteiger partial charge in [-0.2, -0.15) is 9.61 Å². The van der Waals surface area contributed by atoms with Crippen LogP contribution in [0.1, 0.15) is 39.2 Å². The second-order valence-electron chi connectivity index (χ2n) is 18.3. The Bertz CT molecular complexity index is 1920. The maximum atomic E-state index is 13.0. The van der Waals surface area contributed by atoms with Gasteiger partial charge in [0.25, 0.3) is 0 Å². The second-order valence-corrected chi connectivity index (χ2v) is 29.6. The molecule has 308 valence electrons. The number of rotatable bonds is 18. The van der Waals surface area contributed by atoms with Gasteiger partial charge in [-0.1, -0.05) is 94.4 Å². The van der Waals surface area contributed by atoms with Crippen LogP contribution in [0.5, 0.6) is 0 Å². The number of aromatic nitrogens is 4. The number of ether oxygens (including phenoxy) is 3. The van der Waals surface area contributed by atoms with E-state index < -0.39 is 21.7 Å². The number of hydrogen-bond acceptors (Lipinski definition) is 9. The highest BCUT2D eigenvalue weighted by Gasteiger charge is 2.33. The number of anilines is 2. The van der Waals surface area contributed by atoms with Crippen molar-refractivity contribution in [2.45, 2.75) is 96.6 Å². The van der Waals surface area contributed by atoms with E-state index in [0.29, 0.717) is 52.0 Å². The third-order valence-corrected chi connectivity index (χ3v) is 13.3. The van der Waals surface area contributed by atoms with Gasteiger partial charge in [-0.15, -0.1) is 6.58 Å². The van der Waals surface area contributed by atoms with Crippen molar-refractivity contribution in [3.05, 3.63) is 79.7 Å². The molecule has 0 bridgehead atoms. The standard InChI is InChI=1S/C44H65N7O4Si2/c1-12-23-50(36-21-24-48(25-22-36)43(52)55-44(3,4)5)40-37(13-2)42(49(32-53-26-28-56(6,7)8)33-54-27-29-57(9,10)11)51-41(47-40)38(31-46-51)35-19-20-39(45-30-35)34-17-15-14-16-18-34/h12-20,30-31,36H,1-2,21-29,32-33H2,3-11H3. The number of nitrogens with zero attached hydrogens (tertiary/aromatic N) is 7. The van der Waals surface area contributed by atoms with Crippen LogP contribution in [0.3, 0.4) is 0 Å². The first-order valence-corrected chi connectivity index (χ1v) is 27.7. The van der Waals surface area contributed by atoms with E-state index in [9.17, 15) is 4.79 Å². The molecular weight excluding hydrogens is 747 g/mol. The first-order valence-electron chi connectivity index (χ1n) is 20.3. The quantitative estimate of drug-likeness (QED) is 0.0421. The summed E-state index contributed by atoms with van der Waals surface area (Å²) in [5.74, 6) is 1.57. The Morgan fingerprint density at radius 1 is 0.895 bits per heavy atom. The molecule has 4 heterocycles. The zero-order valence-corrected chi connectivity index (χ0v) is 37.9. The lowest BCUT2D eigenvalue weighted by atomic mass is 10.0. The zero-order chi connectivity index (χ0) is 41.4. The first-order chi connectivity index (χ1) is 27.0. The summed E-state index contributed by atoms with van der Waals surface area (Å²) < 4.78 is 20.5. The number of carbonyl (C=O) groups excluding carboxylic acids is 1. The first kappa shape index (κ1) is 43.8. The molecule has 1 aliphatic heterocycles. The molecule has 11 nitrogen and oxygen atoms in total.